The Morgan fingerprint density at radius 3 is 2.10 bits per heavy atom. The van der Waals surface area contributed by atoms with E-state index in [0.717, 1.165) is 56.9 Å². The summed E-state index contributed by atoms with van der Waals surface area (Å²) in [5, 5.41) is 15.8. The van der Waals surface area contributed by atoms with Crippen molar-refractivity contribution in [3.05, 3.63) is 65.7 Å². The first-order valence-corrected chi connectivity index (χ1v) is 15.5. The summed E-state index contributed by atoms with van der Waals surface area (Å²) in [4.78, 5) is 42.7. The van der Waals surface area contributed by atoms with Crippen molar-refractivity contribution in [2.45, 2.75) is 110 Å². The molecular weight excluding hydrogens is 530 g/mol. The number of amides is 3. The molecule has 0 bridgehead atoms. The first-order chi connectivity index (χ1) is 20.1. The van der Waals surface area contributed by atoms with Crippen molar-refractivity contribution >= 4 is 17.9 Å². The molecule has 0 aliphatic rings. The maximum Gasteiger partial charge on any atom is 0.408 e. The van der Waals surface area contributed by atoms with Gasteiger partial charge in [-0.2, -0.15) is 0 Å². The van der Waals surface area contributed by atoms with Gasteiger partial charge >= 0.3 is 6.09 Å². The van der Waals surface area contributed by atoms with Gasteiger partial charge in [-0.25, -0.2) is 4.79 Å². The number of ether oxygens (including phenoxy) is 1. The van der Waals surface area contributed by atoms with Crippen molar-refractivity contribution in [1.29, 1.82) is 0 Å². The van der Waals surface area contributed by atoms with Gasteiger partial charge in [-0.15, -0.1) is 0 Å². The molecule has 42 heavy (non-hydrogen) atoms. The zero-order valence-electron chi connectivity index (χ0n) is 26.2. The van der Waals surface area contributed by atoms with Gasteiger partial charge in [0.1, 0.15) is 23.4 Å². The zero-order chi connectivity index (χ0) is 31.0. The van der Waals surface area contributed by atoms with Crippen molar-refractivity contribution in [1.82, 2.24) is 15.5 Å². The number of aromatic hydroxyl groups is 1. The molecule has 0 aliphatic carbocycles. The molecule has 2 aromatic carbocycles. The molecule has 3 N–H and O–H groups in total. The minimum Gasteiger partial charge on any atom is -0.508 e. The van der Waals surface area contributed by atoms with Gasteiger partial charge < -0.3 is 25.4 Å². The van der Waals surface area contributed by atoms with Gasteiger partial charge in [0.2, 0.25) is 11.8 Å². The summed E-state index contributed by atoms with van der Waals surface area (Å²) in [5.74, 6) is -0.572. The number of carbonyl (C=O) groups is 3. The Kier molecular flexibility index (Phi) is 14.9. The van der Waals surface area contributed by atoms with Crippen molar-refractivity contribution in [2.75, 3.05) is 13.1 Å². The van der Waals surface area contributed by atoms with Gasteiger partial charge in [-0.05, 0) is 56.9 Å². The van der Waals surface area contributed by atoms with E-state index in [1.165, 1.54) is 12.1 Å². The van der Waals surface area contributed by atoms with Crippen LogP contribution in [-0.4, -0.2) is 52.6 Å². The number of phenolic OH excluding ortho intramolecular Hbond substituents is 1. The number of unbranched alkanes of at least 4 members (excludes halogenated alkanes) is 6. The number of nitrogens with one attached hydrogen (secondary N) is 2. The first-order valence-electron chi connectivity index (χ1n) is 15.5. The number of phenols is 1. The molecule has 2 aromatic rings. The normalized spacial score (nSPS) is 12.7. The third kappa shape index (κ3) is 12.5. The number of rotatable bonds is 17. The van der Waals surface area contributed by atoms with E-state index >= 15 is 0 Å². The fourth-order valence-electron chi connectivity index (χ4n) is 4.74. The van der Waals surface area contributed by atoms with Crippen LogP contribution in [0, 0.1) is 0 Å². The van der Waals surface area contributed by atoms with E-state index in [2.05, 4.69) is 24.5 Å². The first kappa shape index (κ1) is 34.7. The number of nitrogens with zero attached hydrogens (tertiary/aromatic N) is 1. The molecular formula is C34H51N3O5. The molecule has 0 saturated heterocycles. The minimum absolute atomic E-state index is 0.0752. The lowest BCUT2D eigenvalue weighted by Gasteiger charge is -2.34. The Morgan fingerprint density at radius 1 is 0.857 bits per heavy atom. The molecule has 0 saturated carbocycles. The Morgan fingerprint density at radius 2 is 1.48 bits per heavy atom. The predicted octanol–water partition coefficient (Wildman–Crippen LogP) is 6.67. The summed E-state index contributed by atoms with van der Waals surface area (Å²) >= 11 is 0. The Bertz CT molecular complexity index is 1080. The maximum atomic E-state index is 14.5. The van der Waals surface area contributed by atoms with Gasteiger partial charge in [0.05, 0.1) is 0 Å². The largest absolute Gasteiger partial charge is 0.508 e. The van der Waals surface area contributed by atoms with E-state index in [0.29, 0.717) is 18.7 Å². The highest BCUT2D eigenvalue weighted by Gasteiger charge is 2.36. The van der Waals surface area contributed by atoms with Crippen LogP contribution in [0.4, 0.5) is 4.79 Å². The van der Waals surface area contributed by atoms with E-state index in [1.54, 1.807) is 37.8 Å². The van der Waals surface area contributed by atoms with Crippen molar-refractivity contribution in [2.24, 2.45) is 0 Å². The van der Waals surface area contributed by atoms with Crippen LogP contribution in [0.2, 0.25) is 0 Å². The lowest BCUT2D eigenvalue weighted by molar-refractivity contribution is -0.142. The molecule has 3 amide bonds. The van der Waals surface area contributed by atoms with Crippen molar-refractivity contribution in [3.63, 3.8) is 0 Å². The highest BCUT2D eigenvalue weighted by molar-refractivity contribution is 5.92. The fraction of sp³-hybridized carbons (Fsp3) is 0.559. The molecule has 0 aliphatic heterocycles. The maximum absolute atomic E-state index is 14.5. The SMILES string of the molecule is CCCCCCCCN(C(=O)C(Cc1ccccc1)NC(=O)OC(C)(C)C)C(C(=O)NCCCC)c1ccc(O)cc1. The van der Waals surface area contributed by atoms with Crippen LogP contribution in [0.25, 0.3) is 0 Å². The number of benzene rings is 2. The monoisotopic (exact) mass is 581 g/mol. The zero-order valence-corrected chi connectivity index (χ0v) is 26.2. The second kappa shape index (κ2) is 18.1. The number of alkyl carbamates (subject to hydrolysis) is 1. The molecule has 8 nitrogen and oxygen atoms in total. The van der Waals surface area contributed by atoms with Crippen molar-refractivity contribution < 1.29 is 24.2 Å². The summed E-state index contributed by atoms with van der Waals surface area (Å²) in [7, 11) is 0. The van der Waals surface area contributed by atoms with Crippen LogP contribution in [0.3, 0.4) is 0 Å². The molecule has 8 heteroatoms. The fourth-order valence-corrected chi connectivity index (χ4v) is 4.74. The van der Waals surface area contributed by atoms with Crippen LogP contribution >= 0.6 is 0 Å². The smallest absolute Gasteiger partial charge is 0.408 e. The van der Waals surface area contributed by atoms with Gasteiger partial charge in [0, 0.05) is 19.5 Å². The second-order valence-corrected chi connectivity index (χ2v) is 11.8. The second-order valence-electron chi connectivity index (χ2n) is 11.8. The molecule has 0 radical (unpaired) electrons. The summed E-state index contributed by atoms with van der Waals surface area (Å²) in [6, 6.07) is 14.0. The molecule has 0 fully saturated rings. The third-order valence-electron chi connectivity index (χ3n) is 6.91. The molecule has 232 valence electrons. The summed E-state index contributed by atoms with van der Waals surface area (Å²) < 4.78 is 5.52. The molecule has 2 atom stereocenters. The molecule has 0 spiro atoms. The van der Waals surface area contributed by atoms with E-state index in [-0.39, 0.29) is 24.0 Å². The lowest BCUT2D eigenvalue weighted by Crippen LogP contribution is -2.54. The molecule has 2 rings (SSSR count). The number of hydrogen-bond donors (Lipinski definition) is 3. The predicted molar refractivity (Wildman–Crippen MR) is 167 cm³/mol. The van der Waals surface area contributed by atoms with Crippen LogP contribution in [-0.2, 0) is 20.7 Å². The number of carbonyl (C=O) groups excluding carboxylic acids is 3. The standard InChI is InChI=1S/C34H51N3O5/c1-6-8-10-11-12-16-24-37(30(31(39)35-23-9-7-2)27-19-21-28(38)22-20-27)32(40)29(25-26-17-14-13-15-18-26)36-33(41)42-34(3,4)5/h13-15,17-22,29-30,38H,6-12,16,23-25H2,1-5H3,(H,35,39)(H,36,41). The van der Waals surface area contributed by atoms with Crippen molar-refractivity contribution in [3.8, 4) is 5.75 Å². The Balaban J connectivity index is 2.48. The Labute approximate surface area is 252 Å². The minimum atomic E-state index is -0.953. The number of hydrogen-bond acceptors (Lipinski definition) is 5. The van der Waals surface area contributed by atoms with E-state index in [9.17, 15) is 19.5 Å². The van der Waals surface area contributed by atoms with E-state index in [4.69, 9.17) is 4.74 Å². The topological polar surface area (TPSA) is 108 Å². The average Bonchev–Trinajstić information content (AvgIpc) is 2.94. The highest BCUT2D eigenvalue weighted by atomic mass is 16.6. The van der Waals surface area contributed by atoms with Crippen LogP contribution < -0.4 is 10.6 Å². The molecule has 0 heterocycles. The van der Waals surface area contributed by atoms with Gasteiger partial charge in [-0.1, -0.05) is 94.8 Å². The Hall–Kier alpha value is -3.55. The summed E-state index contributed by atoms with van der Waals surface area (Å²) in [5.41, 5.74) is 0.730. The summed E-state index contributed by atoms with van der Waals surface area (Å²) in [6.45, 7) is 10.4. The van der Waals surface area contributed by atoms with E-state index in [1.807, 2.05) is 30.3 Å². The van der Waals surface area contributed by atoms with Crippen LogP contribution in [0.1, 0.15) is 103 Å². The van der Waals surface area contributed by atoms with Gasteiger partial charge in [-0.3, -0.25) is 9.59 Å². The van der Waals surface area contributed by atoms with Gasteiger partial charge in [0.25, 0.3) is 0 Å². The highest BCUT2D eigenvalue weighted by Crippen LogP contribution is 2.26. The van der Waals surface area contributed by atoms with Gasteiger partial charge in [0.15, 0.2) is 0 Å². The van der Waals surface area contributed by atoms with Crippen LogP contribution in [0.5, 0.6) is 5.75 Å². The molecule has 0 aromatic heterocycles. The summed E-state index contributed by atoms with van der Waals surface area (Å²) in [6.07, 6.45) is 7.41. The average molecular weight is 582 g/mol. The lowest BCUT2D eigenvalue weighted by atomic mass is 9.99. The molecule has 2 unspecified atom stereocenters. The van der Waals surface area contributed by atoms with Crippen LogP contribution in [0.15, 0.2) is 54.6 Å². The quantitative estimate of drug-likeness (QED) is 0.181. The third-order valence-corrected chi connectivity index (χ3v) is 6.91. The van der Waals surface area contributed by atoms with E-state index < -0.39 is 23.8 Å².